The van der Waals surface area contributed by atoms with Gasteiger partial charge in [-0.2, -0.15) is 0 Å². The summed E-state index contributed by atoms with van der Waals surface area (Å²) in [5.41, 5.74) is 4.09. The molecule has 1 aliphatic rings. The average Bonchev–Trinajstić information content (AvgIpc) is 2.47. The highest BCUT2D eigenvalue weighted by Crippen LogP contribution is 2.38. The van der Waals surface area contributed by atoms with Crippen molar-refractivity contribution in [2.24, 2.45) is 0 Å². The van der Waals surface area contributed by atoms with Gasteiger partial charge in [-0.15, -0.1) is 0 Å². The van der Waals surface area contributed by atoms with Gasteiger partial charge in [0.05, 0.1) is 6.10 Å². The molecular formula is C18H18O2. The molecular weight excluding hydrogens is 248 g/mol. The van der Waals surface area contributed by atoms with Crippen molar-refractivity contribution < 1.29 is 9.90 Å². The van der Waals surface area contributed by atoms with Gasteiger partial charge < -0.3 is 5.11 Å². The van der Waals surface area contributed by atoms with Gasteiger partial charge in [0.25, 0.3) is 0 Å². The molecule has 20 heavy (non-hydrogen) atoms. The van der Waals surface area contributed by atoms with E-state index >= 15 is 0 Å². The maximum absolute atomic E-state index is 11.8. The molecule has 2 nitrogen and oxygen atoms in total. The van der Waals surface area contributed by atoms with Crippen LogP contribution in [0.1, 0.15) is 46.3 Å². The van der Waals surface area contributed by atoms with Crippen LogP contribution >= 0.6 is 0 Å². The lowest BCUT2D eigenvalue weighted by atomic mass is 9.75. The number of Topliss-reactive ketones (excluding diaryl/α,β-unsaturated/α-hetero) is 1. The number of aliphatic hydroxyl groups excluding tert-OH is 1. The maximum Gasteiger partial charge on any atom is 0.160 e. The van der Waals surface area contributed by atoms with Crippen LogP contribution in [0.5, 0.6) is 0 Å². The Morgan fingerprint density at radius 2 is 1.70 bits per heavy atom. The largest absolute Gasteiger partial charge is 0.392 e. The summed E-state index contributed by atoms with van der Waals surface area (Å²) in [6.45, 7) is 1.58. The molecule has 2 heteroatoms. The Labute approximate surface area is 119 Å². The van der Waals surface area contributed by atoms with Crippen molar-refractivity contribution in [1.29, 1.82) is 0 Å². The molecule has 2 aromatic rings. The van der Waals surface area contributed by atoms with Crippen molar-refractivity contribution in [2.75, 3.05) is 0 Å². The summed E-state index contributed by atoms with van der Waals surface area (Å²) in [6, 6.07) is 15.8. The number of carbonyl (C=O) groups is 1. The van der Waals surface area contributed by atoms with Crippen molar-refractivity contribution in [3.63, 3.8) is 0 Å². The van der Waals surface area contributed by atoms with Crippen LogP contribution in [0.15, 0.2) is 48.5 Å². The first-order valence-electron chi connectivity index (χ1n) is 7.04. The number of hydrogen-bond acceptors (Lipinski definition) is 2. The fraction of sp³-hybridized carbons (Fsp3) is 0.278. The molecule has 0 spiro atoms. The van der Waals surface area contributed by atoms with Crippen LogP contribution in [-0.2, 0) is 6.42 Å². The van der Waals surface area contributed by atoms with Crippen molar-refractivity contribution >= 4 is 5.78 Å². The molecule has 2 atom stereocenters. The third-order valence-corrected chi connectivity index (χ3v) is 4.16. The summed E-state index contributed by atoms with van der Waals surface area (Å²) in [4.78, 5) is 11.8. The number of aliphatic hydroxyl groups is 1. The molecule has 0 saturated heterocycles. The minimum absolute atomic E-state index is 0.0517. The molecule has 0 aliphatic heterocycles. The van der Waals surface area contributed by atoms with Gasteiger partial charge in [0.15, 0.2) is 5.78 Å². The molecule has 2 unspecified atom stereocenters. The average molecular weight is 266 g/mol. The zero-order chi connectivity index (χ0) is 14.1. The van der Waals surface area contributed by atoms with Gasteiger partial charge in [-0.25, -0.2) is 0 Å². The second kappa shape index (κ2) is 5.22. The van der Waals surface area contributed by atoms with Gasteiger partial charge in [-0.1, -0.05) is 48.5 Å². The predicted octanol–water partition coefficient (Wildman–Crippen LogP) is 3.33. The van der Waals surface area contributed by atoms with E-state index in [1.807, 2.05) is 36.4 Å². The highest BCUT2D eigenvalue weighted by Gasteiger charge is 2.31. The van der Waals surface area contributed by atoms with Crippen LogP contribution in [0.4, 0.5) is 0 Å². The summed E-state index contributed by atoms with van der Waals surface area (Å²) < 4.78 is 0. The summed E-state index contributed by atoms with van der Waals surface area (Å²) in [5, 5.41) is 10.5. The minimum atomic E-state index is -0.426. The third-order valence-electron chi connectivity index (χ3n) is 4.16. The normalized spacial score (nSPS) is 21.3. The van der Waals surface area contributed by atoms with Crippen LogP contribution < -0.4 is 0 Å². The Kier molecular flexibility index (Phi) is 3.41. The van der Waals surface area contributed by atoms with E-state index in [0.29, 0.717) is 5.56 Å². The molecule has 0 aromatic heterocycles. The molecule has 0 fully saturated rings. The van der Waals surface area contributed by atoms with E-state index < -0.39 is 6.10 Å². The Morgan fingerprint density at radius 3 is 2.45 bits per heavy atom. The van der Waals surface area contributed by atoms with E-state index in [9.17, 15) is 9.90 Å². The van der Waals surface area contributed by atoms with Crippen LogP contribution in [0.2, 0.25) is 0 Å². The number of aryl methyl sites for hydroxylation is 1. The molecule has 3 rings (SSSR count). The number of hydrogen-bond donors (Lipinski definition) is 1. The molecule has 102 valence electrons. The smallest absolute Gasteiger partial charge is 0.160 e. The highest BCUT2D eigenvalue weighted by atomic mass is 16.3. The predicted molar refractivity (Wildman–Crippen MR) is 79.1 cm³/mol. The van der Waals surface area contributed by atoms with Crippen molar-refractivity contribution in [1.82, 2.24) is 0 Å². The maximum atomic E-state index is 11.8. The Morgan fingerprint density at radius 1 is 1.05 bits per heavy atom. The third kappa shape index (κ3) is 2.16. The lowest BCUT2D eigenvalue weighted by Gasteiger charge is -2.31. The molecule has 0 saturated carbocycles. The van der Waals surface area contributed by atoms with E-state index in [1.165, 1.54) is 5.56 Å². The molecule has 0 amide bonds. The van der Waals surface area contributed by atoms with Gasteiger partial charge >= 0.3 is 0 Å². The van der Waals surface area contributed by atoms with E-state index in [-0.39, 0.29) is 11.7 Å². The van der Waals surface area contributed by atoms with Gasteiger partial charge in [-0.05, 0) is 36.5 Å². The lowest BCUT2D eigenvalue weighted by Crippen LogP contribution is -2.27. The minimum Gasteiger partial charge on any atom is -0.392 e. The molecule has 2 aromatic carbocycles. The zero-order valence-corrected chi connectivity index (χ0v) is 11.5. The van der Waals surface area contributed by atoms with Crippen LogP contribution in [-0.4, -0.2) is 17.0 Å². The Hall–Kier alpha value is -1.93. The van der Waals surface area contributed by atoms with E-state index in [4.69, 9.17) is 0 Å². The van der Waals surface area contributed by atoms with Gasteiger partial charge in [0, 0.05) is 11.5 Å². The summed E-state index contributed by atoms with van der Waals surface area (Å²) >= 11 is 0. The van der Waals surface area contributed by atoms with Crippen LogP contribution in [0.25, 0.3) is 0 Å². The van der Waals surface area contributed by atoms with Crippen molar-refractivity contribution in [3.05, 3.63) is 70.8 Å². The molecule has 0 bridgehead atoms. The summed E-state index contributed by atoms with van der Waals surface area (Å²) in [7, 11) is 0. The monoisotopic (exact) mass is 266 g/mol. The first-order chi connectivity index (χ1) is 9.68. The topological polar surface area (TPSA) is 37.3 Å². The standard InChI is InChI=1S/C18H18O2/c1-12(19)14-7-4-5-9-16(14)18-15-8-3-2-6-13(15)10-11-17(18)20/h2-9,17-18,20H,10-11H2,1H3. The number of benzene rings is 2. The first kappa shape index (κ1) is 13.1. The highest BCUT2D eigenvalue weighted by molar-refractivity contribution is 5.96. The molecule has 1 N–H and O–H groups in total. The van der Waals surface area contributed by atoms with E-state index in [2.05, 4.69) is 12.1 Å². The Bertz CT molecular complexity index is 645. The lowest BCUT2D eigenvalue weighted by molar-refractivity contribution is 0.101. The number of carbonyl (C=O) groups excluding carboxylic acids is 1. The second-order valence-electron chi connectivity index (χ2n) is 5.43. The van der Waals surface area contributed by atoms with E-state index in [1.54, 1.807) is 6.92 Å². The SMILES string of the molecule is CC(=O)c1ccccc1C1c2ccccc2CCC1O. The fourth-order valence-corrected chi connectivity index (χ4v) is 3.21. The molecule has 0 heterocycles. The molecule has 1 aliphatic carbocycles. The number of rotatable bonds is 2. The quantitative estimate of drug-likeness (QED) is 0.847. The van der Waals surface area contributed by atoms with Crippen LogP contribution in [0, 0.1) is 0 Å². The first-order valence-corrected chi connectivity index (χ1v) is 7.04. The van der Waals surface area contributed by atoms with Crippen LogP contribution in [0.3, 0.4) is 0 Å². The number of ketones is 1. The number of fused-ring (bicyclic) bond motifs is 1. The van der Waals surface area contributed by atoms with Crippen molar-refractivity contribution in [3.8, 4) is 0 Å². The van der Waals surface area contributed by atoms with E-state index in [0.717, 1.165) is 24.0 Å². The van der Waals surface area contributed by atoms with Gasteiger partial charge in [-0.3, -0.25) is 4.79 Å². The summed E-state index contributed by atoms with van der Waals surface area (Å²) in [5.74, 6) is -0.0455. The second-order valence-corrected chi connectivity index (χ2v) is 5.43. The zero-order valence-electron chi connectivity index (χ0n) is 11.5. The Balaban J connectivity index is 2.17. The molecule has 0 radical (unpaired) electrons. The van der Waals surface area contributed by atoms with Crippen molar-refractivity contribution in [2.45, 2.75) is 31.8 Å². The fourth-order valence-electron chi connectivity index (χ4n) is 3.21. The van der Waals surface area contributed by atoms with Gasteiger partial charge in [0.2, 0.25) is 0 Å². The summed E-state index contributed by atoms with van der Waals surface area (Å²) in [6.07, 6.45) is 1.22. The van der Waals surface area contributed by atoms with Gasteiger partial charge in [0.1, 0.15) is 0 Å².